The smallest absolute Gasteiger partial charge is 0.336 e. The summed E-state index contributed by atoms with van der Waals surface area (Å²) in [6, 6.07) is 6.80. The lowest BCUT2D eigenvalue weighted by atomic mass is 9.90. The zero-order valence-electron chi connectivity index (χ0n) is 31.3. The summed E-state index contributed by atoms with van der Waals surface area (Å²) in [5.74, 6) is -4.47. The molecule has 2 saturated heterocycles. The largest absolute Gasteiger partial charge is 0.490 e. The van der Waals surface area contributed by atoms with Gasteiger partial charge in [0, 0.05) is 59.8 Å². The number of fused-ring (bicyclic) bond motifs is 5. The van der Waals surface area contributed by atoms with Gasteiger partial charge in [0.05, 0.1) is 39.6 Å². The first-order valence-corrected chi connectivity index (χ1v) is 19.3. The summed E-state index contributed by atoms with van der Waals surface area (Å²) >= 11 is 0. The summed E-state index contributed by atoms with van der Waals surface area (Å²) in [6.45, 7) is 3.96. The lowest BCUT2D eigenvalue weighted by molar-refractivity contribution is -0.130. The number of hydrogen-bond donors (Lipinski definition) is 0. The van der Waals surface area contributed by atoms with Gasteiger partial charge in [-0.2, -0.15) is 0 Å². The van der Waals surface area contributed by atoms with Gasteiger partial charge < -0.3 is 37.9 Å². The van der Waals surface area contributed by atoms with Crippen LogP contribution in [0.4, 0.5) is 17.6 Å². The van der Waals surface area contributed by atoms with Crippen LogP contribution in [0.3, 0.4) is 0 Å². The fourth-order valence-electron chi connectivity index (χ4n) is 7.02. The van der Waals surface area contributed by atoms with Gasteiger partial charge in [-0.25, -0.2) is 27.2 Å². The molecule has 0 radical (unpaired) electrons. The Hall–Kier alpha value is -4.76. The number of halogens is 4. The van der Waals surface area contributed by atoms with E-state index in [1.165, 1.54) is 12.1 Å². The van der Waals surface area contributed by atoms with E-state index >= 15 is 0 Å². The molecule has 57 heavy (non-hydrogen) atoms. The van der Waals surface area contributed by atoms with Crippen LogP contribution in [0.1, 0.15) is 79.0 Å². The van der Waals surface area contributed by atoms with E-state index in [4.69, 9.17) is 37.9 Å². The van der Waals surface area contributed by atoms with Gasteiger partial charge in [-0.3, -0.25) is 0 Å². The van der Waals surface area contributed by atoms with Crippen LogP contribution in [-0.4, -0.2) is 77.0 Å². The zero-order valence-corrected chi connectivity index (χ0v) is 31.3. The highest BCUT2D eigenvalue weighted by Gasteiger charge is 2.42. The second-order valence-electron chi connectivity index (χ2n) is 14.4. The summed E-state index contributed by atoms with van der Waals surface area (Å²) in [7, 11) is 0. The standard InChI is InChI=1S/C43H44F4O10/c44-32-20-38(52-15-3-1-13-50-22-30-24-54-30)34(46)18-26(32)7-11-40(48)56-36-9-10-37(43-29-6-5-28(17-29)42(36)43)57-41(49)12-8-27-19-35(47)39(21-33(27)45)53-16-4-2-14-51-23-31-25-55-31/h7-12,18-21,28-31H,1-6,13-17,22-25H2. The Kier molecular flexibility index (Phi) is 13.6. The van der Waals surface area contributed by atoms with Crippen molar-refractivity contribution in [2.24, 2.45) is 0 Å². The first-order valence-electron chi connectivity index (χ1n) is 19.3. The molecule has 304 valence electrons. The molecule has 4 unspecified atom stereocenters. The second-order valence-corrected chi connectivity index (χ2v) is 14.4. The molecule has 2 heterocycles. The van der Waals surface area contributed by atoms with Crippen LogP contribution in [-0.2, 0) is 28.5 Å². The van der Waals surface area contributed by atoms with Crippen LogP contribution < -0.4 is 18.9 Å². The molecule has 10 nitrogen and oxygen atoms in total. The molecule has 1 saturated carbocycles. The van der Waals surface area contributed by atoms with Crippen molar-refractivity contribution in [3.8, 4) is 23.0 Å². The van der Waals surface area contributed by atoms with Crippen LogP contribution in [0.15, 0.2) is 48.6 Å². The summed E-state index contributed by atoms with van der Waals surface area (Å²) in [5.41, 5.74) is 1.17. The average molecular weight is 797 g/mol. The molecule has 2 aliphatic heterocycles. The number of ether oxygens (including phenoxy) is 8. The van der Waals surface area contributed by atoms with Crippen LogP contribution >= 0.6 is 0 Å². The first kappa shape index (κ1) is 40.4. The predicted octanol–water partition coefficient (Wildman–Crippen LogP) is 7.99. The van der Waals surface area contributed by atoms with Crippen molar-refractivity contribution < 1.29 is 65.0 Å². The Morgan fingerprint density at radius 1 is 0.596 bits per heavy atom. The number of esters is 2. The predicted molar refractivity (Wildman–Crippen MR) is 198 cm³/mol. The van der Waals surface area contributed by atoms with Crippen LogP contribution in [0.5, 0.6) is 23.0 Å². The van der Waals surface area contributed by atoms with Crippen molar-refractivity contribution in [2.45, 2.75) is 69.0 Å². The van der Waals surface area contributed by atoms with Crippen LogP contribution in [0.2, 0.25) is 0 Å². The van der Waals surface area contributed by atoms with Crippen molar-refractivity contribution in [3.63, 3.8) is 0 Å². The third-order valence-electron chi connectivity index (χ3n) is 10.1. The first-order chi connectivity index (χ1) is 27.7. The van der Waals surface area contributed by atoms with E-state index < -0.39 is 35.2 Å². The summed E-state index contributed by atoms with van der Waals surface area (Å²) in [5, 5.41) is 0. The molecule has 3 aromatic rings. The number of rotatable bonds is 22. The van der Waals surface area contributed by atoms with Crippen molar-refractivity contribution in [1.82, 2.24) is 0 Å². The maximum Gasteiger partial charge on any atom is 0.336 e. The Bertz CT molecular complexity index is 1840. The number of benzene rings is 3. The molecule has 4 aliphatic rings. The van der Waals surface area contributed by atoms with Gasteiger partial charge in [0.2, 0.25) is 0 Å². The van der Waals surface area contributed by atoms with Gasteiger partial charge in [-0.15, -0.1) is 0 Å². The van der Waals surface area contributed by atoms with Crippen molar-refractivity contribution >= 4 is 24.1 Å². The van der Waals surface area contributed by atoms with Gasteiger partial charge in [0.25, 0.3) is 0 Å². The SMILES string of the molecule is O=C(C=Cc1cc(F)c(OCCCCOCC2CO2)cc1F)Oc1ccc(OC(=O)C=Cc2cc(F)c(OCCCCOCC3CO3)cc2F)c2c1C1CCC2C1. The normalized spacial score (nSPS) is 20.3. The van der Waals surface area contributed by atoms with E-state index in [1.807, 2.05) is 0 Å². The quantitative estimate of drug-likeness (QED) is 0.0248. The van der Waals surface area contributed by atoms with E-state index in [-0.39, 0.29) is 71.4 Å². The van der Waals surface area contributed by atoms with Gasteiger partial charge >= 0.3 is 11.9 Å². The third kappa shape index (κ3) is 11.2. The van der Waals surface area contributed by atoms with Crippen LogP contribution in [0.25, 0.3) is 12.2 Å². The Morgan fingerprint density at radius 2 is 1.02 bits per heavy atom. The highest BCUT2D eigenvalue weighted by molar-refractivity contribution is 5.90. The average Bonchev–Trinajstić information content (AvgIpc) is 4.13. The molecular formula is C43H44F4O10. The minimum Gasteiger partial charge on any atom is -0.490 e. The van der Waals surface area contributed by atoms with E-state index in [1.54, 1.807) is 0 Å². The molecule has 7 rings (SSSR count). The third-order valence-corrected chi connectivity index (χ3v) is 10.1. The highest BCUT2D eigenvalue weighted by atomic mass is 19.1. The lowest BCUT2D eigenvalue weighted by Gasteiger charge is -2.21. The fraction of sp³-hybridized carbons (Fsp3) is 0.442. The molecular weight excluding hydrogens is 752 g/mol. The van der Waals surface area contributed by atoms with Gasteiger partial charge in [-0.1, -0.05) is 0 Å². The van der Waals surface area contributed by atoms with E-state index in [9.17, 15) is 27.2 Å². The maximum atomic E-state index is 14.8. The Morgan fingerprint density at radius 3 is 1.44 bits per heavy atom. The molecule has 0 aromatic heterocycles. The van der Waals surface area contributed by atoms with E-state index in [0.29, 0.717) is 52.1 Å². The summed E-state index contributed by atoms with van der Waals surface area (Å²) < 4.78 is 102. The molecule has 3 fully saturated rings. The molecule has 3 aromatic carbocycles. The summed E-state index contributed by atoms with van der Waals surface area (Å²) in [6.07, 6.45) is 9.71. The zero-order chi connectivity index (χ0) is 39.7. The number of epoxide rings is 2. The van der Waals surface area contributed by atoms with Crippen LogP contribution in [0, 0.1) is 23.3 Å². The minimum atomic E-state index is -0.807. The topological polar surface area (TPSA) is 115 Å². The monoisotopic (exact) mass is 796 g/mol. The number of carbonyl (C=O) groups excluding carboxylic acids is 2. The molecule has 14 heteroatoms. The van der Waals surface area contributed by atoms with Crippen molar-refractivity contribution in [2.75, 3.05) is 52.9 Å². The van der Waals surface area contributed by atoms with E-state index in [2.05, 4.69) is 0 Å². The highest BCUT2D eigenvalue weighted by Crippen LogP contribution is 2.58. The minimum absolute atomic E-state index is 0.0727. The number of hydrogen-bond acceptors (Lipinski definition) is 10. The molecule has 0 amide bonds. The summed E-state index contributed by atoms with van der Waals surface area (Å²) in [4.78, 5) is 25.8. The molecule has 0 spiro atoms. The molecule has 0 N–H and O–H groups in total. The van der Waals surface area contributed by atoms with Gasteiger partial charge in [-0.05, 0) is 93.2 Å². The lowest BCUT2D eigenvalue weighted by Crippen LogP contribution is -2.12. The Labute approximate surface area is 327 Å². The fourth-order valence-corrected chi connectivity index (χ4v) is 7.02. The number of unbranched alkanes of at least 4 members (excludes halogenated alkanes) is 2. The van der Waals surface area contributed by atoms with Gasteiger partial charge in [0.15, 0.2) is 23.1 Å². The molecule has 2 aliphatic carbocycles. The molecule has 2 bridgehead atoms. The number of carbonyl (C=O) groups is 2. The van der Waals surface area contributed by atoms with E-state index in [0.717, 1.165) is 92.2 Å². The maximum absolute atomic E-state index is 14.8. The Balaban J connectivity index is 0.909. The second kappa shape index (κ2) is 19.1. The van der Waals surface area contributed by atoms with Crippen molar-refractivity contribution in [1.29, 1.82) is 0 Å². The molecule has 4 atom stereocenters. The van der Waals surface area contributed by atoms with Gasteiger partial charge in [0.1, 0.15) is 35.3 Å². The van der Waals surface area contributed by atoms with Crippen molar-refractivity contribution in [3.05, 3.63) is 94.1 Å².